The van der Waals surface area contributed by atoms with E-state index in [1.807, 2.05) is 19.1 Å². The zero-order chi connectivity index (χ0) is 10.8. The maximum atomic E-state index is 6.04. The van der Waals surface area contributed by atoms with Crippen LogP contribution in [0.2, 0.25) is 10.0 Å². The molecule has 0 atom stereocenters. The zero-order valence-electron chi connectivity index (χ0n) is 8.13. The van der Waals surface area contributed by atoms with Gasteiger partial charge in [0.15, 0.2) is 5.89 Å². The summed E-state index contributed by atoms with van der Waals surface area (Å²) in [6, 6.07) is 5.44. The number of rotatable bonds is 2. The topological polar surface area (TPSA) is 26.0 Å². The Morgan fingerprint density at radius 3 is 2.73 bits per heavy atom. The van der Waals surface area contributed by atoms with Gasteiger partial charge in [-0.2, -0.15) is 0 Å². The smallest absolute Gasteiger partial charge is 0.191 e. The van der Waals surface area contributed by atoms with E-state index in [-0.39, 0.29) is 0 Å². The predicted octanol–water partition coefficient (Wildman–Crippen LogP) is 3.88. The molecule has 0 radical (unpaired) electrons. The minimum atomic E-state index is 0.639. The fourth-order valence-electron chi connectivity index (χ4n) is 1.35. The number of hydrogen-bond acceptors (Lipinski definition) is 2. The molecule has 0 saturated heterocycles. The maximum absolute atomic E-state index is 6.04. The first-order valence-electron chi connectivity index (χ1n) is 4.50. The van der Waals surface area contributed by atoms with Crippen molar-refractivity contribution in [3.8, 4) is 0 Å². The lowest BCUT2D eigenvalue weighted by atomic mass is 10.1. The number of nitrogens with zero attached hydrogens (tertiary/aromatic N) is 1. The van der Waals surface area contributed by atoms with Crippen molar-refractivity contribution >= 4 is 23.2 Å². The summed E-state index contributed by atoms with van der Waals surface area (Å²) in [5, 5.41) is 1.29. The summed E-state index contributed by atoms with van der Waals surface area (Å²) in [7, 11) is 0. The lowest BCUT2D eigenvalue weighted by Gasteiger charge is -2.01. The van der Waals surface area contributed by atoms with Gasteiger partial charge >= 0.3 is 0 Å². The highest BCUT2D eigenvalue weighted by Gasteiger charge is 2.05. The molecule has 0 aliphatic rings. The Hall–Kier alpha value is -0.990. The fourth-order valence-corrected chi connectivity index (χ4v) is 1.82. The molecule has 0 bridgehead atoms. The Morgan fingerprint density at radius 2 is 2.13 bits per heavy atom. The van der Waals surface area contributed by atoms with Crippen molar-refractivity contribution in [3.63, 3.8) is 0 Å². The van der Waals surface area contributed by atoms with Gasteiger partial charge in [0.1, 0.15) is 6.26 Å². The number of benzene rings is 1. The van der Waals surface area contributed by atoms with Crippen LogP contribution in [0, 0.1) is 6.92 Å². The molecule has 0 spiro atoms. The summed E-state index contributed by atoms with van der Waals surface area (Å²) < 4.78 is 5.12. The third kappa shape index (κ3) is 2.52. The number of hydrogen-bond donors (Lipinski definition) is 0. The van der Waals surface area contributed by atoms with E-state index in [9.17, 15) is 0 Å². The lowest BCUT2D eigenvalue weighted by molar-refractivity contribution is 0.520. The minimum Gasteiger partial charge on any atom is -0.449 e. The number of halogens is 2. The first kappa shape index (κ1) is 10.5. The van der Waals surface area contributed by atoms with Crippen LogP contribution in [0.3, 0.4) is 0 Å². The molecular formula is C11H9Cl2NO. The molecule has 1 aromatic carbocycles. The summed E-state index contributed by atoms with van der Waals surface area (Å²) in [6.07, 6.45) is 2.30. The van der Waals surface area contributed by atoms with Crippen LogP contribution in [0.5, 0.6) is 0 Å². The van der Waals surface area contributed by atoms with E-state index in [0.717, 1.165) is 11.3 Å². The van der Waals surface area contributed by atoms with Gasteiger partial charge in [-0.25, -0.2) is 4.98 Å². The number of aromatic nitrogens is 1. The van der Waals surface area contributed by atoms with Gasteiger partial charge in [-0.15, -0.1) is 0 Å². The van der Waals surface area contributed by atoms with Crippen LogP contribution < -0.4 is 0 Å². The van der Waals surface area contributed by atoms with Gasteiger partial charge in [-0.05, 0) is 17.7 Å². The van der Waals surface area contributed by atoms with Gasteiger partial charge in [0.25, 0.3) is 0 Å². The van der Waals surface area contributed by atoms with E-state index in [2.05, 4.69) is 4.98 Å². The third-order valence-electron chi connectivity index (χ3n) is 2.05. The monoisotopic (exact) mass is 241 g/mol. The highest BCUT2D eigenvalue weighted by Crippen LogP contribution is 2.23. The van der Waals surface area contributed by atoms with Crippen molar-refractivity contribution in [3.05, 3.63) is 51.7 Å². The number of aryl methyl sites for hydroxylation is 1. The summed E-state index contributed by atoms with van der Waals surface area (Å²) in [5.74, 6) is 0.662. The lowest BCUT2D eigenvalue weighted by Crippen LogP contribution is -1.89. The second-order valence-electron chi connectivity index (χ2n) is 3.27. The Labute approximate surface area is 97.8 Å². The van der Waals surface area contributed by atoms with Crippen LogP contribution in [0.25, 0.3) is 0 Å². The molecule has 0 saturated carbocycles. The second-order valence-corrected chi connectivity index (χ2v) is 4.11. The molecule has 2 nitrogen and oxygen atoms in total. The van der Waals surface area contributed by atoms with Crippen LogP contribution >= 0.6 is 23.2 Å². The average molecular weight is 242 g/mol. The third-order valence-corrected chi connectivity index (χ3v) is 2.64. The quantitative estimate of drug-likeness (QED) is 0.798. The first-order chi connectivity index (χ1) is 7.15. The average Bonchev–Trinajstić information content (AvgIpc) is 2.56. The minimum absolute atomic E-state index is 0.639. The Balaban J connectivity index is 2.24. The summed E-state index contributed by atoms with van der Waals surface area (Å²) in [6.45, 7) is 1.81. The molecule has 0 fully saturated rings. The van der Waals surface area contributed by atoms with Crippen LogP contribution in [0.15, 0.2) is 28.9 Å². The Kier molecular flexibility index (Phi) is 2.98. The standard InChI is InChI=1S/C11H9Cl2NO/c1-7-14-10(6-15-7)4-8-2-3-9(12)5-11(8)13/h2-3,5-6H,4H2,1H3. The fraction of sp³-hybridized carbons (Fsp3) is 0.182. The molecule has 0 N–H and O–H groups in total. The van der Waals surface area contributed by atoms with Crippen molar-refractivity contribution in [2.75, 3.05) is 0 Å². The van der Waals surface area contributed by atoms with Crippen molar-refractivity contribution < 1.29 is 4.42 Å². The highest BCUT2D eigenvalue weighted by molar-refractivity contribution is 6.35. The zero-order valence-corrected chi connectivity index (χ0v) is 9.64. The predicted molar refractivity (Wildman–Crippen MR) is 60.5 cm³/mol. The molecule has 78 valence electrons. The van der Waals surface area contributed by atoms with E-state index in [1.54, 1.807) is 12.3 Å². The van der Waals surface area contributed by atoms with E-state index in [0.29, 0.717) is 22.4 Å². The van der Waals surface area contributed by atoms with Crippen molar-refractivity contribution in [1.82, 2.24) is 4.98 Å². The molecule has 1 heterocycles. The van der Waals surface area contributed by atoms with E-state index >= 15 is 0 Å². The van der Waals surface area contributed by atoms with Gasteiger partial charge in [0, 0.05) is 23.4 Å². The van der Waals surface area contributed by atoms with Gasteiger partial charge in [-0.1, -0.05) is 29.3 Å². The molecule has 2 rings (SSSR count). The molecule has 0 aliphatic heterocycles. The maximum Gasteiger partial charge on any atom is 0.191 e. The largest absolute Gasteiger partial charge is 0.449 e. The van der Waals surface area contributed by atoms with E-state index < -0.39 is 0 Å². The molecule has 15 heavy (non-hydrogen) atoms. The van der Waals surface area contributed by atoms with Gasteiger partial charge < -0.3 is 4.42 Å². The molecule has 0 amide bonds. The van der Waals surface area contributed by atoms with Gasteiger partial charge in [-0.3, -0.25) is 0 Å². The van der Waals surface area contributed by atoms with Crippen LogP contribution in [-0.2, 0) is 6.42 Å². The van der Waals surface area contributed by atoms with E-state index in [1.165, 1.54) is 0 Å². The molecule has 0 unspecified atom stereocenters. The van der Waals surface area contributed by atoms with Gasteiger partial charge in [0.2, 0.25) is 0 Å². The van der Waals surface area contributed by atoms with E-state index in [4.69, 9.17) is 27.6 Å². The Morgan fingerprint density at radius 1 is 1.33 bits per heavy atom. The first-order valence-corrected chi connectivity index (χ1v) is 5.25. The second kappa shape index (κ2) is 4.25. The summed E-state index contributed by atoms with van der Waals surface area (Å²) >= 11 is 11.8. The highest BCUT2D eigenvalue weighted by atomic mass is 35.5. The van der Waals surface area contributed by atoms with Crippen molar-refractivity contribution in [2.45, 2.75) is 13.3 Å². The SMILES string of the molecule is Cc1nc(Cc2ccc(Cl)cc2Cl)co1. The molecule has 4 heteroatoms. The van der Waals surface area contributed by atoms with Crippen molar-refractivity contribution in [2.24, 2.45) is 0 Å². The molecule has 0 aliphatic carbocycles. The summed E-state index contributed by atoms with van der Waals surface area (Å²) in [5.41, 5.74) is 1.87. The molecular weight excluding hydrogens is 233 g/mol. The molecule has 1 aromatic heterocycles. The van der Waals surface area contributed by atoms with Crippen LogP contribution in [0.1, 0.15) is 17.1 Å². The van der Waals surface area contributed by atoms with Crippen molar-refractivity contribution in [1.29, 1.82) is 0 Å². The van der Waals surface area contributed by atoms with Crippen LogP contribution in [0.4, 0.5) is 0 Å². The normalized spacial score (nSPS) is 10.6. The van der Waals surface area contributed by atoms with Crippen LogP contribution in [-0.4, -0.2) is 4.98 Å². The number of oxazole rings is 1. The summed E-state index contributed by atoms with van der Waals surface area (Å²) in [4.78, 5) is 4.21. The molecule has 2 aromatic rings. The van der Waals surface area contributed by atoms with Gasteiger partial charge in [0.05, 0.1) is 5.69 Å². The Bertz CT molecular complexity index is 479.